The molecular formula is C18H25ClN4O4S. The average Bonchev–Trinajstić information content (AvgIpc) is 2.83. The van der Waals surface area contributed by atoms with Crippen molar-refractivity contribution < 1.29 is 18.0 Å². The molecule has 0 aliphatic carbocycles. The summed E-state index contributed by atoms with van der Waals surface area (Å²) < 4.78 is 27.4. The molecule has 0 unspecified atom stereocenters. The van der Waals surface area contributed by atoms with Gasteiger partial charge in [0.2, 0.25) is 21.8 Å². The lowest BCUT2D eigenvalue weighted by Crippen LogP contribution is -2.42. The Morgan fingerprint density at radius 1 is 1.25 bits per heavy atom. The number of hydrazine groups is 1. The molecule has 0 aromatic heterocycles. The van der Waals surface area contributed by atoms with Crippen molar-refractivity contribution in [3.05, 3.63) is 23.2 Å². The zero-order chi connectivity index (χ0) is 20.3. The lowest BCUT2D eigenvalue weighted by Gasteiger charge is -2.21. The molecular weight excluding hydrogens is 404 g/mol. The fourth-order valence-corrected chi connectivity index (χ4v) is 5.13. The van der Waals surface area contributed by atoms with Gasteiger partial charge in [0, 0.05) is 25.6 Å². The van der Waals surface area contributed by atoms with E-state index >= 15 is 0 Å². The predicted molar refractivity (Wildman–Crippen MR) is 106 cm³/mol. The molecule has 2 aliphatic rings. The highest BCUT2D eigenvalue weighted by Gasteiger charge is 2.29. The SMILES string of the molecule is C[C@@H]1CC(=O)NN1CC(=O)Nc1cc(S(=O)(=O)N2CCCCCC2)ccc1Cl. The van der Waals surface area contributed by atoms with E-state index < -0.39 is 10.0 Å². The van der Waals surface area contributed by atoms with Crippen molar-refractivity contribution in [3.8, 4) is 0 Å². The van der Waals surface area contributed by atoms with Crippen LogP contribution < -0.4 is 10.7 Å². The molecule has 1 aromatic rings. The van der Waals surface area contributed by atoms with Crippen LogP contribution in [0.3, 0.4) is 0 Å². The standard InChI is InChI=1S/C18H25ClN4O4S/c1-13-10-17(24)21-23(13)12-18(25)20-16-11-14(6-7-15(16)19)28(26,27)22-8-4-2-3-5-9-22/h6-7,11,13H,2-5,8-10,12H2,1H3,(H,20,25)(H,21,24)/t13-/m1/s1. The third-order valence-electron chi connectivity index (χ3n) is 5.01. The number of anilines is 1. The molecule has 2 N–H and O–H groups in total. The molecule has 0 bridgehead atoms. The number of benzene rings is 1. The molecule has 8 nitrogen and oxygen atoms in total. The third kappa shape index (κ3) is 4.83. The second kappa shape index (κ2) is 8.77. The quantitative estimate of drug-likeness (QED) is 0.747. The van der Waals surface area contributed by atoms with Crippen LogP contribution in [0.4, 0.5) is 5.69 Å². The second-order valence-corrected chi connectivity index (χ2v) is 9.57. The third-order valence-corrected chi connectivity index (χ3v) is 7.23. The van der Waals surface area contributed by atoms with E-state index in [2.05, 4.69) is 10.7 Å². The van der Waals surface area contributed by atoms with Gasteiger partial charge in [0.05, 0.1) is 22.2 Å². The lowest BCUT2D eigenvalue weighted by atomic mass is 10.2. The summed E-state index contributed by atoms with van der Waals surface area (Å²) in [5.74, 6) is -0.524. The number of amides is 2. The summed E-state index contributed by atoms with van der Waals surface area (Å²) in [5, 5.41) is 4.45. The summed E-state index contributed by atoms with van der Waals surface area (Å²) in [5.41, 5.74) is 2.85. The zero-order valence-corrected chi connectivity index (χ0v) is 17.4. The van der Waals surface area contributed by atoms with Gasteiger partial charge in [-0.05, 0) is 38.0 Å². The van der Waals surface area contributed by atoms with E-state index in [1.165, 1.54) is 22.5 Å². The molecule has 1 aromatic carbocycles. The molecule has 2 amide bonds. The van der Waals surface area contributed by atoms with Crippen LogP contribution >= 0.6 is 11.6 Å². The van der Waals surface area contributed by atoms with Crippen molar-refractivity contribution in [1.82, 2.24) is 14.7 Å². The molecule has 2 aliphatic heterocycles. The molecule has 10 heteroatoms. The first-order valence-electron chi connectivity index (χ1n) is 9.43. The zero-order valence-electron chi connectivity index (χ0n) is 15.8. The van der Waals surface area contributed by atoms with E-state index in [-0.39, 0.29) is 40.0 Å². The van der Waals surface area contributed by atoms with Gasteiger partial charge in [-0.3, -0.25) is 15.0 Å². The van der Waals surface area contributed by atoms with Crippen molar-refractivity contribution in [1.29, 1.82) is 0 Å². The first kappa shape index (κ1) is 21.0. The van der Waals surface area contributed by atoms with E-state index in [0.717, 1.165) is 25.7 Å². The Labute approximate surface area is 170 Å². The van der Waals surface area contributed by atoms with Crippen molar-refractivity contribution in [3.63, 3.8) is 0 Å². The highest BCUT2D eigenvalue weighted by Crippen LogP contribution is 2.28. The largest absolute Gasteiger partial charge is 0.324 e. The average molecular weight is 429 g/mol. The molecule has 28 heavy (non-hydrogen) atoms. The van der Waals surface area contributed by atoms with Crippen LogP contribution in [0.5, 0.6) is 0 Å². The maximum absolute atomic E-state index is 13.0. The van der Waals surface area contributed by atoms with Gasteiger partial charge in [-0.25, -0.2) is 13.4 Å². The monoisotopic (exact) mass is 428 g/mol. The van der Waals surface area contributed by atoms with Crippen LogP contribution in [-0.2, 0) is 19.6 Å². The van der Waals surface area contributed by atoms with Crippen molar-refractivity contribution >= 4 is 39.1 Å². The van der Waals surface area contributed by atoms with Crippen LogP contribution in [0.15, 0.2) is 23.1 Å². The molecule has 154 valence electrons. The predicted octanol–water partition coefficient (Wildman–Crippen LogP) is 1.97. The maximum Gasteiger partial charge on any atom is 0.243 e. The Morgan fingerprint density at radius 3 is 2.54 bits per heavy atom. The summed E-state index contributed by atoms with van der Waals surface area (Å²) >= 11 is 6.16. The van der Waals surface area contributed by atoms with E-state index in [0.29, 0.717) is 19.5 Å². The molecule has 2 saturated heterocycles. The fraction of sp³-hybridized carbons (Fsp3) is 0.556. The maximum atomic E-state index is 13.0. The van der Waals surface area contributed by atoms with Gasteiger partial charge in [-0.15, -0.1) is 0 Å². The van der Waals surface area contributed by atoms with Gasteiger partial charge in [0.25, 0.3) is 0 Å². The van der Waals surface area contributed by atoms with Crippen LogP contribution in [-0.4, -0.2) is 55.2 Å². The second-order valence-electron chi connectivity index (χ2n) is 7.22. The Morgan fingerprint density at radius 2 is 1.93 bits per heavy atom. The molecule has 0 saturated carbocycles. The summed E-state index contributed by atoms with van der Waals surface area (Å²) in [7, 11) is -3.64. The molecule has 2 fully saturated rings. The molecule has 3 rings (SSSR count). The fourth-order valence-electron chi connectivity index (χ4n) is 3.43. The number of hydrogen-bond acceptors (Lipinski definition) is 5. The lowest BCUT2D eigenvalue weighted by molar-refractivity contribution is -0.122. The van der Waals surface area contributed by atoms with Crippen LogP contribution in [0.2, 0.25) is 5.02 Å². The molecule has 0 radical (unpaired) electrons. The normalized spacial score (nSPS) is 21.9. The summed E-state index contributed by atoms with van der Waals surface area (Å²) in [6, 6.07) is 4.23. The molecule has 1 atom stereocenters. The van der Waals surface area contributed by atoms with Gasteiger partial charge in [-0.1, -0.05) is 24.4 Å². The topological polar surface area (TPSA) is 98.8 Å². The van der Waals surface area contributed by atoms with E-state index in [9.17, 15) is 18.0 Å². The minimum Gasteiger partial charge on any atom is -0.324 e. The van der Waals surface area contributed by atoms with Crippen molar-refractivity contribution in [2.75, 3.05) is 25.0 Å². The van der Waals surface area contributed by atoms with Gasteiger partial charge < -0.3 is 5.32 Å². The van der Waals surface area contributed by atoms with Crippen LogP contribution in [0.1, 0.15) is 39.0 Å². The van der Waals surface area contributed by atoms with Crippen LogP contribution in [0.25, 0.3) is 0 Å². The molecule has 2 heterocycles. The van der Waals surface area contributed by atoms with Gasteiger partial charge in [0.15, 0.2) is 0 Å². The summed E-state index contributed by atoms with van der Waals surface area (Å²) in [6.07, 6.45) is 4.07. The van der Waals surface area contributed by atoms with Crippen LogP contribution in [0, 0.1) is 0 Å². The van der Waals surface area contributed by atoms with Gasteiger partial charge in [0.1, 0.15) is 0 Å². The number of rotatable bonds is 5. The number of carbonyl (C=O) groups is 2. The first-order chi connectivity index (χ1) is 13.3. The number of hydrogen-bond donors (Lipinski definition) is 2. The minimum absolute atomic E-state index is 0.0493. The minimum atomic E-state index is -3.64. The summed E-state index contributed by atoms with van der Waals surface area (Å²) in [4.78, 5) is 23.9. The Hall–Kier alpha value is -1.68. The number of nitrogens with one attached hydrogen (secondary N) is 2. The highest BCUT2D eigenvalue weighted by atomic mass is 35.5. The van der Waals surface area contributed by atoms with Gasteiger partial charge >= 0.3 is 0 Å². The number of sulfonamides is 1. The highest BCUT2D eigenvalue weighted by molar-refractivity contribution is 7.89. The first-order valence-corrected chi connectivity index (χ1v) is 11.2. The summed E-state index contributed by atoms with van der Waals surface area (Å²) in [6.45, 7) is 2.79. The van der Waals surface area contributed by atoms with Crippen molar-refractivity contribution in [2.24, 2.45) is 0 Å². The Balaban J connectivity index is 1.74. The van der Waals surface area contributed by atoms with Crippen molar-refractivity contribution in [2.45, 2.75) is 50.0 Å². The number of nitrogens with zero attached hydrogens (tertiary/aromatic N) is 2. The van der Waals surface area contributed by atoms with Gasteiger partial charge in [-0.2, -0.15) is 4.31 Å². The Kier molecular flexibility index (Phi) is 6.59. The van der Waals surface area contributed by atoms with E-state index in [1.807, 2.05) is 6.92 Å². The smallest absolute Gasteiger partial charge is 0.243 e. The number of halogens is 1. The number of carbonyl (C=O) groups excluding carboxylic acids is 2. The Bertz CT molecular complexity index is 853. The van der Waals surface area contributed by atoms with E-state index in [4.69, 9.17) is 11.6 Å². The molecule has 0 spiro atoms. The van der Waals surface area contributed by atoms with E-state index in [1.54, 1.807) is 5.01 Å².